The SMILES string of the molecule is O=C1[C@H](O)[C@@H](O)C(=O)N1c1cccc2ccccc12. The molecular formula is C14H11NO4. The highest BCUT2D eigenvalue weighted by Crippen LogP contribution is 2.30. The Kier molecular flexibility index (Phi) is 2.58. The van der Waals surface area contributed by atoms with Crippen molar-refractivity contribution in [3.8, 4) is 0 Å². The highest BCUT2D eigenvalue weighted by atomic mass is 16.4. The molecule has 96 valence electrons. The molecule has 2 aromatic carbocycles. The molecule has 0 saturated carbocycles. The van der Waals surface area contributed by atoms with Crippen molar-refractivity contribution in [1.29, 1.82) is 0 Å². The van der Waals surface area contributed by atoms with Crippen molar-refractivity contribution in [3.63, 3.8) is 0 Å². The maximum absolute atomic E-state index is 11.9. The van der Waals surface area contributed by atoms with Gasteiger partial charge in [-0.25, -0.2) is 4.90 Å². The molecule has 1 aliphatic rings. The number of anilines is 1. The van der Waals surface area contributed by atoms with Gasteiger partial charge in [0, 0.05) is 5.39 Å². The quantitative estimate of drug-likeness (QED) is 0.726. The Morgan fingerprint density at radius 3 is 2.11 bits per heavy atom. The van der Waals surface area contributed by atoms with Crippen LogP contribution in [0.2, 0.25) is 0 Å². The van der Waals surface area contributed by atoms with Crippen LogP contribution in [0.1, 0.15) is 0 Å². The van der Waals surface area contributed by atoms with Crippen molar-refractivity contribution in [1.82, 2.24) is 0 Å². The van der Waals surface area contributed by atoms with Gasteiger partial charge in [-0.3, -0.25) is 9.59 Å². The Morgan fingerprint density at radius 1 is 0.842 bits per heavy atom. The van der Waals surface area contributed by atoms with E-state index in [1.165, 1.54) is 0 Å². The summed E-state index contributed by atoms with van der Waals surface area (Å²) >= 11 is 0. The van der Waals surface area contributed by atoms with E-state index in [9.17, 15) is 19.8 Å². The molecule has 2 N–H and O–H groups in total. The minimum atomic E-state index is -1.69. The largest absolute Gasteiger partial charge is 0.380 e. The fourth-order valence-corrected chi connectivity index (χ4v) is 2.28. The zero-order chi connectivity index (χ0) is 13.6. The zero-order valence-electron chi connectivity index (χ0n) is 9.85. The van der Waals surface area contributed by atoms with E-state index < -0.39 is 24.0 Å². The molecule has 0 radical (unpaired) electrons. The lowest BCUT2D eigenvalue weighted by Crippen LogP contribution is -2.32. The van der Waals surface area contributed by atoms with Crippen molar-refractivity contribution in [2.24, 2.45) is 0 Å². The first-order chi connectivity index (χ1) is 9.11. The van der Waals surface area contributed by atoms with Crippen molar-refractivity contribution in [3.05, 3.63) is 42.5 Å². The summed E-state index contributed by atoms with van der Waals surface area (Å²) in [6.07, 6.45) is -3.38. The number of carbonyl (C=O) groups excluding carboxylic acids is 2. The van der Waals surface area contributed by atoms with Gasteiger partial charge in [-0.05, 0) is 11.5 Å². The number of nitrogens with zero attached hydrogens (tertiary/aromatic N) is 1. The summed E-state index contributed by atoms with van der Waals surface area (Å²) in [6, 6.07) is 12.5. The van der Waals surface area contributed by atoms with E-state index >= 15 is 0 Å². The molecule has 0 spiro atoms. The average molecular weight is 257 g/mol. The summed E-state index contributed by atoms with van der Waals surface area (Å²) < 4.78 is 0. The van der Waals surface area contributed by atoms with E-state index in [1.54, 1.807) is 24.3 Å². The molecule has 5 nitrogen and oxygen atoms in total. The van der Waals surface area contributed by atoms with Gasteiger partial charge in [0.2, 0.25) is 0 Å². The Labute approximate surface area is 108 Å². The molecule has 0 unspecified atom stereocenters. The number of rotatable bonds is 1. The lowest BCUT2D eigenvalue weighted by molar-refractivity contribution is -0.129. The third-order valence-corrected chi connectivity index (χ3v) is 3.25. The van der Waals surface area contributed by atoms with Crippen LogP contribution in [0.25, 0.3) is 10.8 Å². The summed E-state index contributed by atoms with van der Waals surface area (Å²) in [5, 5.41) is 20.5. The lowest BCUT2D eigenvalue weighted by Gasteiger charge is -2.16. The fraction of sp³-hybridized carbons (Fsp3) is 0.143. The molecule has 1 fully saturated rings. The van der Waals surface area contributed by atoms with Crippen LogP contribution < -0.4 is 4.90 Å². The second kappa shape index (κ2) is 4.15. The number of amides is 2. The number of carbonyl (C=O) groups is 2. The summed E-state index contributed by atoms with van der Waals surface area (Å²) in [7, 11) is 0. The number of hydrogen-bond donors (Lipinski definition) is 2. The first kappa shape index (κ1) is 11.8. The molecule has 2 aromatic rings. The van der Waals surface area contributed by atoms with Gasteiger partial charge in [0.15, 0.2) is 12.2 Å². The summed E-state index contributed by atoms with van der Waals surface area (Å²) in [5.41, 5.74) is 0.378. The second-order valence-corrected chi connectivity index (χ2v) is 4.40. The van der Waals surface area contributed by atoms with Crippen LogP contribution in [0.4, 0.5) is 5.69 Å². The summed E-state index contributed by atoms with van der Waals surface area (Å²) in [5.74, 6) is -1.59. The normalized spacial score (nSPS) is 23.4. The molecule has 3 rings (SSSR count). The minimum Gasteiger partial charge on any atom is -0.380 e. The standard InChI is InChI=1S/C14H11NO4/c16-11-12(17)14(19)15(13(11)18)10-7-3-5-8-4-1-2-6-9(8)10/h1-7,11-12,16-17H/t11-,12-/m1/s1. The topological polar surface area (TPSA) is 77.8 Å². The zero-order valence-corrected chi connectivity index (χ0v) is 9.85. The molecule has 0 aromatic heterocycles. The number of aliphatic hydroxyl groups is 2. The number of aliphatic hydroxyl groups excluding tert-OH is 2. The highest BCUT2D eigenvalue weighted by Gasteiger charge is 2.47. The Morgan fingerprint density at radius 2 is 1.42 bits per heavy atom. The third kappa shape index (κ3) is 1.63. The summed E-state index contributed by atoms with van der Waals surface area (Å²) in [6.45, 7) is 0. The molecule has 19 heavy (non-hydrogen) atoms. The van der Waals surface area contributed by atoms with Gasteiger partial charge in [0.1, 0.15) is 0 Å². The molecule has 0 bridgehead atoms. The van der Waals surface area contributed by atoms with Gasteiger partial charge in [0.25, 0.3) is 11.8 Å². The van der Waals surface area contributed by atoms with Gasteiger partial charge >= 0.3 is 0 Å². The van der Waals surface area contributed by atoms with Crippen molar-refractivity contribution < 1.29 is 19.8 Å². The van der Waals surface area contributed by atoms with E-state index in [-0.39, 0.29) is 0 Å². The highest BCUT2D eigenvalue weighted by molar-refractivity contribution is 6.26. The minimum absolute atomic E-state index is 0.378. The van der Waals surface area contributed by atoms with Crippen LogP contribution in [0.5, 0.6) is 0 Å². The number of fused-ring (bicyclic) bond motifs is 1. The first-order valence-corrected chi connectivity index (χ1v) is 5.83. The smallest absolute Gasteiger partial charge is 0.265 e. The number of hydrogen-bond acceptors (Lipinski definition) is 4. The molecule has 5 heteroatoms. The van der Waals surface area contributed by atoms with Crippen LogP contribution in [0.3, 0.4) is 0 Å². The molecule has 2 amide bonds. The van der Waals surface area contributed by atoms with Crippen LogP contribution in [0.15, 0.2) is 42.5 Å². The predicted molar refractivity (Wildman–Crippen MR) is 68.5 cm³/mol. The summed E-state index contributed by atoms with van der Waals surface area (Å²) in [4.78, 5) is 24.6. The third-order valence-electron chi connectivity index (χ3n) is 3.25. The molecule has 1 aliphatic heterocycles. The van der Waals surface area contributed by atoms with E-state index in [1.807, 2.05) is 18.2 Å². The second-order valence-electron chi connectivity index (χ2n) is 4.40. The van der Waals surface area contributed by atoms with Crippen molar-refractivity contribution in [2.75, 3.05) is 4.90 Å². The van der Waals surface area contributed by atoms with E-state index in [4.69, 9.17) is 0 Å². The van der Waals surface area contributed by atoms with Gasteiger partial charge in [-0.2, -0.15) is 0 Å². The Balaban J connectivity index is 2.20. The lowest BCUT2D eigenvalue weighted by atomic mass is 10.1. The Hall–Kier alpha value is -2.24. The van der Waals surface area contributed by atoms with Crippen LogP contribution >= 0.6 is 0 Å². The first-order valence-electron chi connectivity index (χ1n) is 5.83. The van der Waals surface area contributed by atoms with Gasteiger partial charge in [-0.1, -0.05) is 36.4 Å². The molecule has 1 heterocycles. The fourth-order valence-electron chi connectivity index (χ4n) is 2.28. The maximum Gasteiger partial charge on any atom is 0.265 e. The molecular weight excluding hydrogens is 246 g/mol. The van der Waals surface area contributed by atoms with Crippen LogP contribution in [0, 0.1) is 0 Å². The van der Waals surface area contributed by atoms with Crippen LogP contribution in [-0.2, 0) is 9.59 Å². The van der Waals surface area contributed by atoms with Gasteiger partial charge < -0.3 is 10.2 Å². The monoisotopic (exact) mass is 257 g/mol. The van der Waals surface area contributed by atoms with Crippen molar-refractivity contribution >= 4 is 28.3 Å². The number of imide groups is 1. The maximum atomic E-state index is 11.9. The van der Waals surface area contributed by atoms with E-state index in [2.05, 4.69) is 0 Å². The predicted octanol–water partition coefficient (Wildman–Crippen LogP) is 0.435. The number of benzene rings is 2. The van der Waals surface area contributed by atoms with Crippen LogP contribution in [-0.4, -0.2) is 34.2 Å². The molecule has 2 atom stereocenters. The van der Waals surface area contributed by atoms with E-state index in [0.717, 1.165) is 10.3 Å². The Bertz CT molecular complexity index is 657. The average Bonchev–Trinajstić information content (AvgIpc) is 2.63. The van der Waals surface area contributed by atoms with Crippen molar-refractivity contribution in [2.45, 2.75) is 12.2 Å². The van der Waals surface area contributed by atoms with Gasteiger partial charge in [-0.15, -0.1) is 0 Å². The van der Waals surface area contributed by atoms with Gasteiger partial charge in [0.05, 0.1) is 5.69 Å². The molecule has 1 saturated heterocycles. The van der Waals surface area contributed by atoms with E-state index in [0.29, 0.717) is 11.1 Å². The molecule has 0 aliphatic carbocycles.